The molecule has 6 nitrogen and oxygen atoms in total. The van der Waals surface area contributed by atoms with E-state index in [4.69, 9.17) is 4.74 Å². The molecule has 0 radical (unpaired) electrons. The molecule has 2 aromatic rings. The summed E-state index contributed by atoms with van der Waals surface area (Å²) in [6.45, 7) is 4.70. The number of nitrogens with one attached hydrogen (secondary N) is 2. The lowest BCUT2D eigenvalue weighted by Crippen LogP contribution is -2.32. The molecule has 0 aliphatic heterocycles. The average molecular weight is 328 g/mol. The van der Waals surface area contributed by atoms with Crippen molar-refractivity contribution in [1.29, 1.82) is 0 Å². The van der Waals surface area contributed by atoms with Crippen molar-refractivity contribution in [3.63, 3.8) is 0 Å². The van der Waals surface area contributed by atoms with E-state index < -0.39 is 0 Å². The van der Waals surface area contributed by atoms with Crippen molar-refractivity contribution in [2.75, 3.05) is 19.0 Å². The topological polar surface area (TPSA) is 76.1 Å². The van der Waals surface area contributed by atoms with Crippen LogP contribution in [0, 0.1) is 0 Å². The van der Waals surface area contributed by atoms with Crippen molar-refractivity contribution in [3.05, 3.63) is 47.7 Å². The van der Waals surface area contributed by atoms with Crippen LogP contribution in [0.2, 0.25) is 0 Å². The number of nitrogens with zero attached hydrogens (tertiary/aromatic N) is 2. The van der Waals surface area contributed by atoms with Crippen LogP contribution in [0.3, 0.4) is 0 Å². The number of hydrogen-bond donors (Lipinski definition) is 2. The van der Waals surface area contributed by atoms with E-state index in [0.29, 0.717) is 11.5 Å². The molecular weight excluding hydrogens is 304 g/mol. The number of ether oxygens (including phenoxy) is 1. The van der Waals surface area contributed by atoms with Gasteiger partial charge in [0.25, 0.3) is 5.91 Å². The minimum absolute atomic E-state index is 0.125. The van der Waals surface area contributed by atoms with Crippen LogP contribution in [0.4, 0.5) is 5.82 Å². The molecule has 6 heteroatoms. The lowest BCUT2D eigenvalue weighted by Gasteiger charge is -2.10. The lowest BCUT2D eigenvalue weighted by atomic mass is 10.1. The summed E-state index contributed by atoms with van der Waals surface area (Å²) in [6, 6.07) is 11.5. The van der Waals surface area contributed by atoms with Crippen LogP contribution in [0.5, 0.6) is 5.75 Å². The maximum atomic E-state index is 11.9. The first kappa shape index (κ1) is 17.7. The van der Waals surface area contributed by atoms with Crippen LogP contribution >= 0.6 is 0 Å². The Hall–Kier alpha value is -2.63. The second-order valence-electron chi connectivity index (χ2n) is 5.61. The summed E-state index contributed by atoms with van der Waals surface area (Å²) in [6.07, 6.45) is 1.72. The molecule has 1 unspecified atom stereocenters. The van der Waals surface area contributed by atoms with Gasteiger partial charge in [0.15, 0.2) is 5.69 Å². The van der Waals surface area contributed by atoms with Crippen LogP contribution in [0.1, 0.15) is 36.3 Å². The van der Waals surface area contributed by atoms with Gasteiger partial charge < -0.3 is 15.4 Å². The maximum Gasteiger partial charge on any atom is 0.272 e. The monoisotopic (exact) mass is 328 g/mol. The Bertz CT molecular complexity index is 658. The molecule has 0 saturated heterocycles. The predicted octanol–water partition coefficient (Wildman–Crippen LogP) is 2.67. The molecule has 0 fully saturated rings. The molecule has 128 valence electrons. The summed E-state index contributed by atoms with van der Waals surface area (Å²) in [5, 5.41) is 14.1. The quantitative estimate of drug-likeness (QED) is 0.779. The third-order valence-electron chi connectivity index (χ3n) is 3.74. The highest BCUT2D eigenvalue weighted by molar-refractivity contribution is 5.92. The van der Waals surface area contributed by atoms with Crippen molar-refractivity contribution in [2.24, 2.45) is 0 Å². The van der Waals surface area contributed by atoms with Crippen LogP contribution in [0.25, 0.3) is 0 Å². The van der Waals surface area contributed by atoms with Crippen molar-refractivity contribution in [1.82, 2.24) is 15.5 Å². The molecule has 0 spiro atoms. The van der Waals surface area contributed by atoms with Gasteiger partial charge in [0.2, 0.25) is 0 Å². The number of carbonyl (C=O) groups excluding carboxylic acids is 1. The molecule has 1 aromatic heterocycles. The number of hydrogen-bond acceptors (Lipinski definition) is 5. The fourth-order valence-corrected chi connectivity index (χ4v) is 2.11. The third-order valence-corrected chi connectivity index (χ3v) is 3.74. The Morgan fingerprint density at radius 3 is 2.75 bits per heavy atom. The minimum Gasteiger partial charge on any atom is -0.497 e. The molecule has 1 aromatic carbocycles. The van der Waals surface area contributed by atoms with Crippen molar-refractivity contribution < 1.29 is 9.53 Å². The molecule has 2 N–H and O–H groups in total. The highest BCUT2D eigenvalue weighted by Crippen LogP contribution is 2.13. The largest absolute Gasteiger partial charge is 0.497 e. The first-order valence-electron chi connectivity index (χ1n) is 8.13. The molecule has 0 saturated carbocycles. The number of benzene rings is 1. The zero-order chi connectivity index (χ0) is 17.4. The molecular formula is C18H24N4O2. The molecule has 1 atom stereocenters. The lowest BCUT2D eigenvalue weighted by molar-refractivity contribution is 0.0933. The molecule has 0 aliphatic rings. The fraction of sp³-hybridized carbons (Fsp3) is 0.389. The predicted molar refractivity (Wildman–Crippen MR) is 94.4 cm³/mol. The van der Waals surface area contributed by atoms with E-state index in [-0.39, 0.29) is 11.9 Å². The van der Waals surface area contributed by atoms with E-state index in [0.717, 1.165) is 25.1 Å². The number of anilines is 1. The molecule has 0 aliphatic carbocycles. The Labute approximate surface area is 142 Å². The Morgan fingerprint density at radius 2 is 2.08 bits per heavy atom. The van der Waals surface area contributed by atoms with Gasteiger partial charge in [0, 0.05) is 12.6 Å². The van der Waals surface area contributed by atoms with Crippen molar-refractivity contribution in [2.45, 2.75) is 32.7 Å². The molecule has 2 rings (SSSR count). The summed E-state index contributed by atoms with van der Waals surface area (Å²) >= 11 is 0. The Balaban J connectivity index is 1.84. The Kier molecular flexibility index (Phi) is 6.54. The standard InChI is InChI=1S/C18H24N4O2/c1-4-13(2)20-18(23)16-8-9-17(22-21-16)19-11-10-14-6-5-7-15(12-14)24-3/h5-9,12-13H,4,10-11H2,1-3H3,(H,19,22)(H,20,23). The van der Waals surface area contributed by atoms with Crippen molar-refractivity contribution in [3.8, 4) is 5.75 Å². The molecule has 24 heavy (non-hydrogen) atoms. The summed E-state index contributed by atoms with van der Waals surface area (Å²) in [5.74, 6) is 1.31. The van der Waals surface area contributed by atoms with Crippen LogP contribution in [0.15, 0.2) is 36.4 Å². The Morgan fingerprint density at radius 1 is 1.25 bits per heavy atom. The average Bonchev–Trinajstić information content (AvgIpc) is 2.62. The summed E-state index contributed by atoms with van der Waals surface area (Å²) in [5.41, 5.74) is 1.51. The fourth-order valence-electron chi connectivity index (χ4n) is 2.11. The van der Waals surface area contributed by atoms with E-state index in [1.165, 1.54) is 5.56 Å². The van der Waals surface area contributed by atoms with E-state index in [1.54, 1.807) is 19.2 Å². The first-order valence-corrected chi connectivity index (χ1v) is 8.13. The smallest absolute Gasteiger partial charge is 0.272 e. The van der Waals surface area contributed by atoms with E-state index in [1.807, 2.05) is 32.0 Å². The van der Waals surface area contributed by atoms with Gasteiger partial charge in [-0.1, -0.05) is 19.1 Å². The van der Waals surface area contributed by atoms with Crippen LogP contribution in [-0.2, 0) is 6.42 Å². The summed E-state index contributed by atoms with van der Waals surface area (Å²) in [7, 11) is 1.66. The van der Waals surface area contributed by atoms with Gasteiger partial charge in [-0.3, -0.25) is 4.79 Å². The van der Waals surface area contributed by atoms with E-state index >= 15 is 0 Å². The van der Waals surface area contributed by atoms with E-state index in [9.17, 15) is 4.79 Å². The van der Waals surface area contributed by atoms with Gasteiger partial charge >= 0.3 is 0 Å². The summed E-state index contributed by atoms with van der Waals surface area (Å²) in [4.78, 5) is 11.9. The number of rotatable bonds is 8. The van der Waals surface area contributed by atoms with Gasteiger partial charge in [0.05, 0.1) is 7.11 Å². The number of carbonyl (C=O) groups is 1. The molecule has 0 bridgehead atoms. The number of methoxy groups -OCH3 is 1. The zero-order valence-electron chi connectivity index (χ0n) is 14.4. The third kappa shape index (κ3) is 5.22. The second-order valence-corrected chi connectivity index (χ2v) is 5.61. The van der Waals surface area contributed by atoms with Crippen LogP contribution in [-0.4, -0.2) is 35.8 Å². The van der Waals surface area contributed by atoms with Gasteiger partial charge in [-0.15, -0.1) is 10.2 Å². The minimum atomic E-state index is -0.195. The number of amides is 1. The number of aromatic nitrogens is 2. The second kappa shape index (κ2) is 8.86. The highest BCUT2D eigenvalue weighted by atomic mass is 16.5. The van der Waals surface area contributed by atoms with Gasteiger partial charge in [-0.25, -0.2) is 0 Å². The normalized spacial score (nSPS) is 11.6. The first-order chi connectivity index (χ1) is 11.6. The summed E-state index contributed by atoms with van der Waals surface area (Å²) < 4.78 is 5.21. The SMILES string of the molecule is CCC(C)NC(=O)c1ccc(NCCc2cccc(OC)c2)nn1. The zero-order valence-corrected chi connectivity index (χ0v) is 14.4. The highest BCUT2D eigenvalue weighted by Gasteiger charge is 2.10. The van der Waals surface area contributed by atoms with Gasteiger partial charge in [-0.05, 0) is 49.6 Å². The van der Waals surface area contributed by atoms with Gasteiger partial charge in [-0.2, -0.15) is 0 Å². The molecule has 1 amide bonds. The maximum absolute atomic E-state index is 11.9. The van der Waals surface area contributed by atoms with Crippen molar-refractivity contribution >= 4 is 11.7 Å². The van der Waals surface area contributed by atoms with Crippen LogP contribution < -0.4 is 15.4 Å². The molecule has 1 heterocycles. The van der Waals surface area contributed by atoms with E-state index in [2.05, 4.69) is 26.9 Å². The van der Waals surface area contributed by atoms with Gasteiger partial charge in [0.1, 0.15) is 11.6 Å².